The Bertz CT molecular complexity index is 1020. The van der Waals surface area contributed by atoms with Crippen LogP contribution in [-0.2, 0) is 9.47 Å². The SMILES string of the molecule is CCOCCOc1nc(-c2cccc(OC)c2)n(-c2ccc(NCC(O)COCC(C)C)cc2)n1. The summed E-state index contributed by atoms with van der Waals surface area (Å²) in [4.78, 5) is 4.61. The molecule has 1 unspecified atom stereocenters. The first-order chi connectivity index (χ1) is 17.0. The summed E-state index contributed by atoms with van der Waals surface area (Å²) in [7, 11) is 1.63. The molecule has 190 valence electrons. The fourth-order valence-electron chi connectivity index (χ4n) is 3.27. The first kappa shape index (κ1) is 26.5. The zero-order chi connectivity index (χ0) is 25.0. The summed E-state index contributed by atoms with van der Waals surface area (Å²) < 4.78 is 23.7. The molecule has 1 heterocycles. The molecule has 0 radical (unpaired) electrons. The van der Waals surface area contributed by atoms with Gasteiger partial charge in [-0.25, -0.2) is 4.68 Å². The second-order valence-corrected chi connectivity index (χ2v) is 8.42. The van der Waals surface area contributed by atoms with Crippen molar-refractivity contribution in [2.24, 2.45) is 5.92 Å². The van der Waals surface area contributed by atoms with Gasteiger partial charge >= 0.3 is 6.01 Å². The van der Waals surface area contributed by atoms with Gasteiger partial charge in [-0.3, -0.25) is 0 Å². The normalized spacial score (nSPS) is 12.1. The van der Waals surface area contributed by atoms with Crippen molar-refractivity contribution in [1.29, 1.82) is 0 Å². The zero-order valence-corrected chi connectivity index (χ0v) is 20.9. The first-order valence-electron chi connectivity index (χ1n) is 11.9. The van der Waals surface area contributed by atoms with Crippen molar-refractivity contribution in [2.45, 2.75) is 26.9 Å². The van der Waals surface area contributed by atoms with Gasteiger partial charge in [-0.15, -0.1) is 5.10 Å². The van der Waals surface area contributed by atoms with Crippen LogP contribution in [0.4, 0.5) is 5.69 Å². The van der Waals surface area contributed by atoms with E-state index in [9.17, 15) is 5.11 Å². The topological polar surface area (TPSA) is 99.9 Å². The largest absolute Gasteiger partial charge is 0.497 e. The molecule has 9 nitrogen and oxygen atoms in total. The third-order valence-electron chi connectivity index (χ3n) is 4.99. The summed E-state index contributed by atoms with van der Waals surface area (Å²) >= 11 is 0. The minimum Gasteiger partial charge on any atom is -0.497 e. The Morgan fingerprint density at radius 2 is 1.83 bits per heavy atom. The summed E-state index contributed by atoms with van der Waals surface area (Å²) in [6, 6.07) is 15.7. The van der Waals surface area contributed by atoms with Crippen LogP contribution in [-0.4, -0.2) is 72.7 Å². The standard InChI is InChI=1S/C26H36N4O5/c1-5-33-13-14-35-26-28-25(20-7-6-8-24(15-20)32-4)30(29-26)22-11-9-21(10-12-22)27-16-23(31)18-34-17-19(2)3/h6-12,15,19,23,27,31H,5,13-14,16-18H2,1-4H3. The number of benzene rings is 2. The van der Waals surface area contributed by atoms with Crippen LogP contribution < -0.4 is 14.8 Å². The van der Waals surface area contributed by atoms with E-state index in [1.807, 2.05) is 55.5 Å². The van der Waals surface area contributed by atoms with E-state index in [4.69, 9.17) is 18.9 Å². The van der Waals surface area contributed by atoms with Gasteiger partial charge in [0.25, 0.3) is 0 Å². The van der Waals surface area contributed by atoms with Crippen LogP contribution in [0, 0.1) is 5.92 Å². The zero-order valence-electron chi connectivity index (χ0n) is 20.9. The molecule has 0 bridgehead atoms. The van der Waals surface area contributed by atoms with Gasteiger partial charge in [-0.1, -0.05) is 26.0 Å². The second kappa shape index (κ2) is 13.7. The Morgan fingerprint density at radius 1 is 1.03 bits per heavy atom. The molecule has 35 heavy (non-hydrogen) atoms. The molecule has 1 atom stereocenters. The number of aromatic nitrogens is 3. The molecule has 0 fully saturated rings. The number of methoxy groups -OCH3 is 1. The minimum absolute atomic E-state index is 0.272. The molecule has 3 aromatic rings. The van der Waals surface area contributed by atoms with E-state index in [1.165, 1.54) is 0 Å². The number of hydrogen-bond acceptors (Lipinski definition) is 8. The maximum Gasteiger partial charge on any atom is 0.336 e. The van der Waals surface area contributed by atoms with Gasteiger partial charge < -0.3 is 29.4 Å². The van der Waals surface area contributed by atoms with Crippen LogP contribution in [0.5, 0.6) is 11.8 Å². The van der Waals surface area contributed by atoms with Crippen molar-refractivity contribution in [2.75, 3.05) is 52.0 Å². The number of anilines is 1. The average molecular weight is 485 g/mol. The predicted octanol–water partition coefficient (Wildman–Crippen LogP) is 3.80. The Labute approximate surface area is 207 Å². The van der Waals surface area contributed by atoms with E-state index in [0.717, 1.165) is 22.7 Å². The van der Waals surface area contributed by atoms with Crippen molar-refractivity contribution in [3.8, 4) is 28.8 Å². The van der Waals surface area contributed by atoms with Crippen molar-refractivity contribution in [3.63, 3.8) is 0 Å². The van der Waals surface area contributed by atoms with Gasteiger partial charge in [0, 0.05) is 31.0 Å². The molecule has 0 aliphatic carbocycles. The van der Waals surface area contributed by atoms with Crippen LogP contribution in [0.3, 0.4) is 0 Å². The van der Waals surface area contributed by atoms with Crippen LogP contribution >= 0.6 is 0 Å². The third-order valence-corrected chi connectivity index (χ3v) is 4.99. The van der Waals surface area contributed by atoms with Crippen LogP contribution in [0.2, 0.25) is 0 Å². The van der Waals surface area contributed by atoms with Crippen LogP contribution in [0.25, 0.3) is 17.1 Å². The lowest BCUT2D eigenvalue weighted by atomic mass is 10.2. The number of rotatable bonds is 15. The van der Waals surface area contributed by atoms with Crippen LogP contribution in [0.1, 0.15) is 20.8 Å². The summed E-state index contributed by atoms with van der Waals surface area (Å²) in [6.45, 7) is 8.89. The van der Waals surface area contributed by atoms with Gasteiger partial charge in [-0.05, 0) is 49.2 Å². The molecular formula is C26H36N4O5. The van der Waals surface area contributed by atoms with Crippen molar-refractivity contribution in [1.82, 2.24) is 14.8 Å². The highest BCUT2D eigenvalue weighted by molar-refractivity contribution is 5.61. The van der Waals surface area contributed by atoms with Crippen LogP contribution in [0.15, 0.2) is 48.5 Å². The van der Waals surface area contributed by atoms with Crippen molar-refractivity contribution >= 4 is 5.69 Å². The Morgan fingerprint density at radius 3 is 2.54 bits per heavy atom. The molecule has 2 aromatic carbocycles. The summed E-state index contributed by atoms with van der Waals surface area (Å²) in [6.07, 6.45) is -0.584. The highest BCUT2D eigenvalue weighted by Gasteiger charge is 2.16. The van der Waals surface area contributed by atoms with E-state index in [0.29, 0.717) is 51.3 Å². The van der Waals surface area contributed by atoms with Crippen molar-refractivity contribution in [3.05, 3.63) is 48.5 Å². The number of aliphatic hydroxyl groups is 1. The smallest absolute Gasteiger partial charge is 0.336 e. The van der Waals surface area contributed by atoms with Gasteiger partial charge in [0.05, 0.1) is 32.1 Å². The summed E-state index contributed by atoms with van der Waals surface area (Å²) in [5.74, 6) is 1.80. The predicted molar refractivity (Wildman–Crippen MR) is 135 cm³/mol. The highest BCUT2D eigenvalue weighted by Crippen LogP contribution is 2.27. The number of aliphatic hydroxyl groups excluding tert-OH is 1. The van der Waals surface area contributed by atoms with E-state index in [-0.39, 0.29) is 6.01 Å². The second-order valence-electron chi connectivity index (χ2n) is 8.42. The molecule has 0 amide bonds. The van der Waals surface area contributed by atoms with E-state index in [2.05, 4.69) is 29.2 Å². The van der Waals surface area contributed by atoms with Crippen molar-refractivity contribution < 1.29 is 24.1 Å². The lowest BCUT2D eigenvalue weighted by Crippen LogP contribution is -2.25. The molecule has 2 N–H and O–H groups in total. The quantitative estimate of drug-likeness (QED) is 0.314. The lowest BCUT2D eigenvalue weighted by Gasteiger charge is -2.14. The Kier molecular flexibility index (Phi) is 10.3. The number of hydrogen-bond donors (Lipinski definition) is 2. The Hall–Kier alpha value is -3.14. The maximum atomic E-state index is 10.1. The van der Waals surface area contributed by atoms with Gasteiger partial charge in [0.1, 0.15) is 12.4 Å². The van der Waals surface area contributed by atoms with Gasteiger partial charge in [0.15, 0.2) is 5.82 Å². The molecule has 0 aliphatic rings. The minimum atomic E-state index is -0.584. The average Bonchev–Trinajstić information content (AvgIpc) is 3.30. The number of ether oxygens (including phenoxy) is 4. The summed E-state index contributed by atoms with van der Waals surface area (Å²) in [5.41, 5.74) is 2.55. The monoisotopic (exact) mass is 484 g/mol. The number of nitrogens with zero attached hydrogens (tertiary/aromatic N) is 3. The van der Waals surface area contributed by atoms with Gasteiger partial charge in [0.2, 0.25) is 0 Å². The molecule has 0 saturated carbocycles. The van der Waals surface area contributed by atoms with E-state index >= 15 is 0 Å². The van der Waals surface area contributed by atoms with E-state index < -0.39 is 6.10 Å². The fraction of sp³-hybridized carbons (Fsp3) is 0.462. The Balaban J connectivity index is 1.73. The molecular weight excluding hydrogens is 448 g/mol. The number of nitrogens with one attached hydrogen (secondary N) is 1. The molecule has 9 heteroatoms. The van der Waals surface area contributed by atoms with E-state index in [1.54, 1.807) is 11.8 Å². The molecule has 0 spiro atoms. The third kappa shape index (κ3) is 8.24. The molecule has 3 rings (SSSR count). The molecule has 0 saturated heterocycles. The highest BCUT2D eigenvalue weighted by atomic mass is 16.5. The lowest BCUT2D eigenvalue weighted by molar-refractivity contribution is 0.0318. The fourth-order valence-corrected chi connectivity index (χ4v) is 3.27. The first-order valence-corrected chi connectivity index (χ1v) is 11.9. The van der Waals surface area contributed by atoms with Gasteiger partial charge in [-0.2, -0.15) is 4.98 Å². The molecule has 1 aromatic heterocycles. The maximum absolute atomic E-state index is 10.1. The molecule has 0 aliphatic heterocycles. The summed E-state index contributed by atoms with van der Waals surface area (Å²) in [5, 5.41) is 17.9.